The summed E-state index contributed by atoms with van der Waals surface area (Å²) < 4.78 is 6.71. The van der Waals surface area contributed by atoms with Crippen molar-refractivity contribution in [1.82, 2.24) is 20.0 Å². The Morgan fingerprint density at radius 1 is 1.55 bits per heavy atom. The lowest BCUT2D eigenvalue weighted by Gasteiger charge is -2.33. The van der Waals surface area contributed by atoms with Crippen LogP contribution in [0, 0.1) is 0 Å². The van der Waals surface area contributed by atoms with Gasteiger partial charge in [0.1, 0.15) is 6.61 Å². The summed E-state index contributed by atoms with van der Waals surface area (Å²) in [6.45, 7) is 3.95. The van der Waals surface area contributed by atoms with Crippen molar-refractivity contribution in [1.29, 1.82) is 0 Å². The summed E-state index contributed by atoms with van der Waals surface area (Å²) in [4.78, 5) is 13.6. The first-order valence-corrected chi connectivity index (χ1v) is 7.11. The molecule has 0 aromatic carbocycles. The molecule has 1 unspecified atom stereocenters. The van der Waals surface area contributed by atoms with Crippen LogP contribution in [-0.4, -0.2) is 53.4 Å². The maximum absolute atomic E-state index is 11.7. The summed E-state index contributed by atoms with van der Waals surface area (Å²) >= 11 is 0. The molecule has 1 saturated heterocycles. The molecule has 0 spiro atoms. The Morgan fingerprint density at radius 2 is 2.25 bits per heavy atom. The second-order valence-corrected chi connectivity index (χ2v) is 5.42. The number of piperidine rings is 1. The quantitative estimate of drug-likeness (QED) is 0.863. The standard InChI is InChI=1S/C14H24N4O2/c1-11(12-8-15-17(2)9-12)16-13-4-6-18(7-5-13)14(19)10-20-3/h8-9,11,13,16H,4-7,10H2,1-3H3. The van der Waals surface area contributed by atoms with Gasteiger partial charge in [0.15, 0.2) is 0 Å². The van der Waals surface area contributed by atoms with Crippen LogP contribution < -0.4 is 5.32 Å². The minimum atomic E-state index is 0.0891. The Kier molecular flexibility index (Phi) is 5.14. The van der Waals surface area contributed by atoms with Crippen molar-refractivity contribution in [3.05, 3.63) is 18.0 Å². The molecule has 1 aliphatic heterocycles. The number of aryl methyl sites for hydroxylation is 1. The lowest BCUT2D eigenvalue weighted by molar-refractivity contribution is -0.136. The van der Waals surface area contributed by atoms with E-state index in [-0.39, 0.29) is 18.6 Å². The van der Waals surface area contributed by atoms with E-state index in [0.717, 1.165) is 25.9 Å². The summed E-state index contributed by atoms with van der Waals surface area (Å²) in [6, 6.07) is 0.742. The van der Waals surface area contributed by atoms with Crippen LogP contribution in [0.4, 0.5) is 0 Å². The third kappa shape index (κ3) is 3.80. The van der Waals surface area contributed by atoms with E-state index in [2.05, 4.69) is 17.3 Å². The molecule has 112 valence electrons. The first-order valence-electron chi connectivity index (χ1n) is 7.11. The van der Waals surface area contributed by atoms with Crippen LogP contribution >= 0.6 is 0 Å². The number of hydrogen-bond acceptors (Lipinski definition) is 4. The second kappa shape index (κ2) is 6.85. The van der Waals surface area contributed by atoms with Gasteiger partial charge in [-0.15, -0.1) is 0 Å². The molecule has 1 atom stereocenters. The zero-order valence-corrected chi connectivity index (χ0v) is 12.5. The average molecular weight is 280 g/mol. The SMILES string of the molecule is COCC(=O)N1CCC(NC(C)c2cnn(C)c2)CC1. The summed E-state index contributed by atoms with van der Waals surface area (Å²) in [5.74, 6) is 0.0891. The Morgan fingerprint density at radius 3 is 2.80 bits per heavy atom. The molecular formula is C14H24N4O2. The van der Waals surface area contributed by atoms with Crippen LogP contribution in [0.25, 0.3) is 0 Å². The fourth-order valence-corrected chi connectivity index (χ4v) is 2.62. The highest BCUT2D eigenvalue weighted by atomic mass is 16.5. The molecule has 2 rings (SSSR count). The number of carbonyl (C=O) groups is 1. The van der Waals surface area contributed by atoms with Crippen LogP contribution in [0.15, 0.2) is 12.4 Å². The van der Waals surface area contributed by atoms with Crippen LogP contribution in [0.3, 0.4) is 0 Å². The molecule has 0 saturated carbocycles. The molecular weight excluding hydrogens is 256 g/mol. The number of carbonyl (C=O) groups excluding carboxylic acids is 1. The van der Waals surface area contributed by atoms with E-state index in [0.29, 0.717) is 6.04 Å². The van der Waals surface area contributed by atoms with E-state index in [1.807, 2.05) is 29.0 Å². The number of rotatable bonds is 5. The number of nitrogens with zero attached hydrogens (tertiary/aromatic N) is 3. The number of hydrogen-bond donors (Lipinski definition) is 1. The summed E-state index contributed by atoms with van der Waals surface area (Å²) in [5.41, 5.74) is 1.20. The second-order valence-electron chi connectivity index (χ2n) is 5.42. The van der Waals surface area contributed by atoms with Crippen molar-refractivity contribution in [2.24, 2.45) is 7.05 Å². The van der Waals surface area contributed by atoms with Gasteiger partial charge in [0, 0.05) is 51.1 Å². The predicted molar refractivity (Wildman–Crippen MR) is 76.2 cm³/mol. The van der Waals surface area contributed by atoms with Gasteiger partial charge in [-0.25, -0.2) is 0 Å². The van der Waals surface area contributed by atoms with E-state index < -0.39 is 0 Å². The van der Waals surface area contributed by atoms with Crippen molar-refractivity contribution in [3.63, 3.8) is 0 Å². The summed E-state index contributed by atoms with van der Waals surface area (Å²) in [5, 5.41) is 7.81. The number of nitrogens with one attached hydrogen (secondary N) is 1. The predicted octanol–water partition coefficient (Wildman–Crippen LogP) is 0.708. The first-order chi connectivity index (χ1) is 9.60. The number of likely N-dealkylation sites (tertiary alicyclic amines) is 1. The van der Waals surface area contributed by atoms with Gasteiger partial charge in [0.25, 0.3) is 0 Å². The van der Waals surface area contributed by atoms with E-state index in [4.69, 9.17) is 4.74 Å². The average Bonchev–Trinajstić information content (AvgIpc) is 2.86. The summed E-state index contributed by atoms with van der Waals surface area (Å²) in [7, 11) is 3.48. The maximum atomic E-state index is 11.7. The van der Waals surface area contributed by atoms with Crippen molar-refractivity contribution in [3.8, 4) is 0 Å². The molecule has 1 aromatic heterocycles. The molecule has 1 aromatic rings. The van der Waals surface area contributed by atoms with Gasteiger partial charge in [-0.05, 0) is 19.8 Å². The van der Waals surface area contributed by atoms with Gasteiger partial charge in [-0.3, -0.25) is 9.48 Å². The first kappa shape index (κ1) is 15.0. The topological polar surface area (TPSA) is 59.4 Å². The Balaban J connectivity index is 1.78. The van der Waals surface area contributed by atoms with E-state index >= 15 is 0 Å². The van der Waals surface area contributed by atoms with E-state index in [1.54, 1.807) is 7.11 Å². The zero-order chi connectivity index (χ0) is 14.5. The lowest BCUT2D eigenvalue weighted by atomic mass is 10.0. The minimum Gasteiger partial charge on any atom is -0.375 e. The maximum Gasteiger partial charge on any atom is 0.248 e. The monoisotopic (exact) mass is 280 g/mol. The lowest BCUT2D eigenvalue weighted by Crippen LogP contribution is -2.46. The molecule has 20 heavy (non-hydrogen) atoms. The van der Waals surface area contributed by atoms with Crippen molar-refractivity contribution >= 4 is 5.91 Å². The molecule has 0 radical (unpaired) electrons. The molecule has 1 fully saturated rings. The van der Waals surface area contributed by atoms with Gasteiger partial charge < -0.3 is 15.0 Å². The van der Waals surface area contributed by atoms with Crippen molar-refractivity contribution in [2.45, 2.75) is 31.8 Å². The normalized spacial score (nSPS) is 18.2. The molecule has 1 aliphatic rings. The smallest absolute Gasteiger partial charge is 0.248 e. The molecule has 1 N–H and O–H groups in total. The van der Waals surface area contributed by atoms with Crippen LogP contribution in [0.2, 0.25) is 0 Å². The highest BCUT2D eigenvalue weighted by molar-refractivity contribution is 5.77. The highest BCUT2D eigenvalue weighted by Gasteiger charge is 2.23. The van der Waals surface area contributed by atoms with Gasteiger partial charge in [-0.1, -0.05) is 0 Å². The third-order valence-corrected chi connectivity index (χ3v) is 3.83. The van der Waals surface area contributed by atoms with Crippen molar-refractivity contribution < 1.29 is 9.53 Å². The van der Waals surface area contributed by atoms with Crippen LogP contribution in [0.5, 0.6) is 0 Å². The third-order valence-electron chi connectivity index (χ3n) is 3.83. The Bertz CT molecular complexity index is 438. The number of ether oxygens (including phenoxy) is 1. The zero-order valence-electron chi connectivity index (χ0n) is 12.5. The fraction of sp³-hybridized carbons (Fsp3) is 0.714. The van der Waals surface area contributed by atoms with Crippen molar-refractivity contribution in [2.75, 3.05) is 26.8 Å². The van der Waals surface area contributed by atoms with Gasteiger partial charge in [0.2, 0.25) is 5.91 Å². The fourth-order valence-electron chi connectivity index (χ4n) is 2.62. The molecule has 0 bridgehead atoms. The van der Waals surface area contributed by atoms with Gasteiger partial charge in [-0.2, -0.15) is 5.10 Å². The number of amides is 1. The summed E-state index contributed by atoms with van der Waals surface area (Å²) in [6.07, 6.45) is 5.91. The van der Waals surface area contributed by atoms with Crippen LogP contribution in [-0.2, 0) is 16.6 Å². The Hall–Kier alpha value is -1.40. The van der Waals surface area contributed by atoms with E-state index in [9.17, 15) is 4.79 Å². The van der Waals surface area contributed by atoms with E-state index in [1.165, 1.54) is 5.56 Å². The highest BCUT2D eigenvalue weighted by Crippen LogP contribution is 2.17. The van der Waals surface area contributed by atoms with Gasteiger partial charge in [0.05, 0.1) is 6.20 Å². The van der Waals surface area contributed by atoms with Gasteiger partial charge >= 0.3 is 0 Å². The minimum absolute atomic E-state index is 0.0891. The molecule has 0 aliphatic carbocycles. The number of aromatic nitrogens is 2. The molecule has 6 nitrogen and oxygen atoms in total. The van der Waals surface area contributed by atoms with Crippen LogP contribution in [0.1, 0.15) is 31.4 Å². The molecule has 2 heterocycles. The largest absolute Gasteiger partial charge is 0.375 e. The number of methoxy groups -OCH3 is 1. The molecule has 6 heteroatoms. The Labute approximate surface area is 120 Å². The molecule has 1 amide bonds.